The highest BCUT2D eigenvalue weighted by atomic mass is 16.5. The summed E-state index contributed by atoms with van der Waals surface area (Å²) in [5.74, 6) is 1.30. The molecule has 2 heterocycles. The van der Waals surface area contributed by atoms with E-state index < -0.39 is 0 Å². The summed E-state index contributed by atoms with van der Waals surface area (Å²) in [4.78, 5) is 11.0. The Balaban J connectivity index is 0.000000686. The number of rotatable bonds is 2. The van der Waals surface area contributed by atoms with Crippen molar-refractivity contribution in [3.05, 3.63) is 18.2 Å². The summed E-state index contributed by atoms with van der Waals surface area (Å²) in [6.45, 7) is 11.7. The van der Waals surface area contributed by atoms with Gasteiger partial charge < -0.3 is 9.64 Å². The van der Waals surface area contributed by atoms with Gasteiger partial charge in [0.2, 0.25) is 0 Å². The van der Waals surface area contributed by atoms with Gasteiger partial charge in [0.25, 0.3) is 0 Å². The molecule has 4 nitrogen and oxygen atoms in total. The van der Waals surface area contributed by atoms with Crippen molar-refractivity contribution in [2.75, 3.05) is 31.2 Å². The zero-order valence-corrected chi connectivity index (χ0v) is 11.3. The lowest BCUT2D eigenvalue weighted by Crippen LogP contribution is -2.36. The third-order valence-corrected chi connectivity index (χ3v) is 2.55. The molecule has 1 fully saturated rings. The van der Waals surface area contributed by atoms with Crippen molar-refractivity contribution < 1.29 is 4.74 Å². The second-order valence-corrected chi connectivity index (χ2v) is 4.05. The van der Waals surface area contributed by atoms with Gasteiger partial charge in [-0.15, -0.1) is 0 Å². The first kappa shape index (κ1) is 13.9. The van der Waals surface area contributed by atoms with Crippen LogP contribution in [0.4, 0.5) is 5.69 Å². The third-order valence-electron chi connectivity index (χ3n) is 2.55. The summed E-state index contributed by atoms with van der Waals surface area (Å²) in [5.41, 5.74) is 1.10. The lowest BCUT2D eigenvalue weighted by atomic mass is 10.2. The summed E-state index contributed by atoms with van der Waals surface area (Å²) in [5, 5.41) is 0. The number of ether oxygens (including phenoxy) is 1. The molecular weight excluding hydrogens is 214 g/mol. The highest BCUT2D eigenvalue weighted by molar-refractivity contribution is 5.42. The van der Waals surface area contributed by atoms with Crippen molar-refractivity contribution in [1.29, 1.82) is 0 Å². The summed E-state index contributed by atoms with van der Waals surface area (Å²) in [6, 6.07) is 0. The standard InChI is InChI=1S/C11H17N3O.C2H6/c1-9(2)11-12-7-10(8-13-11)14-3-5-15-6-4-14;1-2/h7-9H,3-6H2,1-2H3;1-2H3. The van der Waals surface area contributed by atoms with E-state index in [-0.39, 0.29) is 0 Å². The van der Waals surface area contributed by atoms with Gasteiger partial charge in [-0.3, -0.25) is 0 Å². The lowest BCUT2D eigenvalue weighted by molar-refractivity contribution is 0.122. The van der Waals surface area contributed by atoms with Gasteiger partial charge in [0.1, 0.15) is 5.82 Å². The Labute approximate surface area is 104 Å². The minimum Gasteiger partial charge on any atom is -0.378 e. The van der Waals surface area contributed by atoms with Crippen LogP contribution in [0.1, 0.15) is 39.4 Å². The summed E-state index contributed by atoms with van der Waals surface area (Å²) in [6.07, 6.45) is 3.82. The molecule has 17 heavy (non-hydrogen) atoms. The first-order chi connectivity index (χ1) is 8.27. The van der Waals surface area contributed by atoms with Gasteiger partial charge >= 0.3 is 0 Å². The lowest BCUT2D eigenvalue weighted by Gasteiger charge is -2.28. The van der Waals surface area contributed by atoms with Crippen LogP contribution < -0.4 is 4.90 Å². The molecular formula is C13H23N3O. The molecule has 0 atom stereocenters. The van der Waals surface area contributed by atoms with E-state index in [1.165, 1.54) is 0 Å². The van der Waals surface area contributed by atoms with Crippen LogP contribution in [0.3, 0.4) is 0 Å². The van der Waals surface area contributed by atoms with Gasteiger partial charge in [-0.25, -0.2) is 9.97 Å². The van der Waals surface area contributed by atoms with E-state index in [4.69, 9.17) is 4.74 Å². The van der Waals surface area contributed by atoms with Gasteiger partial charge in [0.05, 0.1) is 31.3 Å². The quantitative estimate of drug-likeness (QED) is 0.792. The molecule has 0 unspecified atom stereocenters. The maximum atomic E-state index is 5.30. The van der Waals surface area contributed by atoms with Gasteiger partial charge in [-0.05, 0) is 0 Å². The van der Waals surface area contributed by atoms with Crippen LogP contribution in [0.25, 0.3) is 0 Å². The minimum atomic E-state index is 0.392. The molecule has 0 spiro atoms. The van der Waals surface area contributed by atoms with E-state index in [0.717, 1.165) is 37.8 Å². The predicted molar refractivity (Wildman–Crippen MR) is 70.5 cm³/mol. The van der Waals surface area contributed by atoms with Crippen LogP contribution in [0.15, 0.2) is 12.4 Å². The van der Waals surface area contributed by atoms with E-state index in [2.05, 4.69) is 28.7 Å². The number of anilines is 1. The van der Waals surface area contributed by atoms with Crippen LogP contribution in [-0.4, -0.2) is 36.3 Å². The molecule has 2 rings (SSSR count). The molecule has 0 bridgehead atoms. The maximum Gasteiger partial charge on any atom is 0.130 e. The molecule has 0 saturated carbocycles. The molecule has 0 aliphatic carbocycles. The molecule has 1 aromatic heterocycles. The molecule has 1 aliphatic heterocycles. The zero-order valence-electron chi connectivity index (χ0n) is 11.3. The van der Waals surface area contributed by atoms with E-state index in [9.17, 15) is 0 Å². The molecule has 4 heteroatoms. The van der Waals surface area contributed by atoms with Gasteiger partial charge in [0.15, 0.2) is 0 Å². The summed E-state index contributed by atoms with van der Waals surface area (Å²) in [7, 11) is 0. The fourth-order valence-electron chi connectivity index (χ4n) is 1.61. The first-order valence-corrected chi connectivity index (χ1v) is 6.42. The topological polar surface area (TPSA) is 38.2 Å². The molecule has 1 aromatic rings. The number of nitrogens with zero attached hydrogens (tertiary/aromatic N) is 3. The second kappa shape index (κ2) is 7.22. The molecule has 1 saturated heterocycles. The van der Waals surface area contributed by atoms with Crippen molar-refractivity contribution in [3.63, 3.8) is 0 Å². The Morgan fingerprint density at radius 2 is 1.65 bits per heavy atom. The average molecular weight is 237 g/mol. The Bertz CT molecular complexity index is 305. The SMILES string of the molecule is CC.CC(C)c1ncc(N2CCOCC2)cn1. The predicted octanol–water partition coefficient (Wildman–Crippen LogP) is 2.46. The van der Waals surface area contributed by atoms with Crippen molar-refractivity contribution >= 4 is 5.69 Å². The largest absolute Gasteiger partial charge is 0.378 e. The fraction of sp³-hybridized carbons (Fsp3) is 0.692. The van der Waals surface area contributed by atoms with Crippen molar-refractivity contribution in [2.24, 2.45) is 0 Å². The monoisotopic (exact) mass is 237 g/mol. The van der Waals surface area contributed by atoms with E-state index in [1.807, 2.05) is 26.2 Å². The van der Waals surface area contributed by atoms with Gasteiger partial charge in [0, 0.05) is 19.0 Å². The molecule has 96 valence electrons. The van der Waals surface area contributed by atoms with E-state index in [0.29, 0.717) is 5.92 Å². The van der Waals surface area contributed by atoms with Crippen molar-refractivity contribution in [1.82, 2.24) is 9.97 Å². The fourth-order valence-corrected chi connectivity index (χ4v) is 1.61. The number of aromatic nitrogens is 2. The molecule has 0 amide bonds. The Morgan fingerprint density at radius 3 is 2.12 bits per heavy atom. The van der Waals surface area contributed by atoms with Crippen LogP contribution in [-0.2, 0) is 4.74 Å². The van der Waals surface area contributed by atoms with Crippen molar-refractivity contribution in [3.8, 4) is 0 Å². The average Bonchev–Trinajstić information content (AvgIpc) is 2.42. The van der Waals surface area contributed by atoms with Crippen molar-refractivity contribution in [2.45, 2.75) is 33.6 Å². The smallest absolute Gasteiger partial charge is 0.130 e. The Morgan fingerprint density at radius 1 is 1.12 bits per heavy atom. The maximum absolute atomic E-state index is 5.30. The molecule has 0 radical (unpaired) electrons. The first-order valence-electron chi connectivity index (χ1n) is 6.42. The number of hydrogen-bond donors (Lipinski definition) is 0. The molecule has 0 aromatic carbocycles. The highest BCUT2D eigenvalue weighted by Gasteiger charge is 2.12. The number of hydrogen-bond acceptors (Lipinski definition) is 4. The summed E-state index contributed by atoms with van der Waals surface area (Å²) >= 11 is 0. The zero-order chi connectivity index (χ0) is 12.7. The second-order valence-electron chi connectivity index (χ2n) is 4.05. The van der Waals surface area contributed by atoms with Gasteiger partial charge in [-0.1, -0.05) is 27.7 Å². The third kappa shape index (κ3) is 3.97. The normalized spacial score (nSPS) is 15.5. The Hall–Kier alpha value is -1.16. The van der Waals surface area contributed by atoms with E-state index >= 15 is 0 Å². The summed E-state index contributed by atoms with van der Waals surface area (Å²) < 4.78 is 5.30. The van der Waals surface area contributed by atoms with Crippen LogP contribution >= 0.6 is 0 Å². The van der Waals surface area contributed by atoms with Gasteiger partial charge in [-0.2, -0.15) is 0 Å². The minimum absolute atomic E-state index is 0.392. The van der Waals surface area contributed by atoms with E-state index in [1.54, 1.807) is 0 Å². The highest BCUT2D eigenvalue weighted by Crippen LogP contribution is 2.15. The molecule has 0 N–H and O–H groups in total. The van der Waals surface area contributed by atoms with Crippen LogP contribution in [0, 0.1) is 0 Å². The van der Waals surface area contributed by atoms with Crippen LogP contribution in [0.5, 0.6) is 0 Å². The van der Waals surface area contributed by atoms with Crippen LogP contribution in [0.2, 0.25) is 0 Å². The number of morpholine rings is 1. The Kier molecular flexibility index (Phi) is 5.91. The molecule has 1 aliphatic rings.